The molecule has 0 fully saturated rings. The Morgan fingerprint density at radius 2 is 1.54 bits per heavy atom. The van der Waals surface area contributed by atoms with Gasteiger partial charge in [-0.2, -0.15) is 8.42 Å². The maximum atomic E-state index is 11.7. The monoisotopic (exact) mass is 344 g/mol. The molecule has 0 atom stereocenters. The average molecular weight is 344 g/mol. The molecule has 3 rings (SSSR count). The molecule has 3 aromatic carbocycles. The Hall–Kier alpha value is -2.77. The number of nitrogens with one attached hydrogen (secondary N) is 1. The number of hydrogen-bond donors (Lipinski definition) is 3. The van der Waals surface area contributed by atoms with Gasteiger partial charge < -0.3 is 5.11 Å². The summed E-state index contributed by atoms with van der Waals surface area (Å²) < 4.78 is 33.0. The second-order valence-corrected chi connectivity index (χ2v) is 6.69. The van der Waals surface area contributed by atoms with Crippen LogP contribution in [-0.4, -0.2) is 25.1 Å². The van der Waals surface area contributed by atoms with E-state index in [9.17, 15) is 18.1 Å². The number of aromatic hydroxyl groups is 1. The highest BCUT2D eigenvalue weighted by Gasteiger charge is 2.21. The van der Waals surface area contributed by atoms with Crippen LogP contribution in [0, 0.1) is 0 Å². The summed E-state index contributed by atoms with van der Waals surface area (Å²) in [6.45, 7) is 0. The van der Waals surface area contributed by atoms with Crippen molar-refractivity contribution in [1.29, 1.82) is 0 Å². The lowest BCUT2D eigenvalue weighted by Crippen LogP contribution is -2.25. The summed E-state index contributed by atoms with van der Waals surface area (Å²) in [5, 5.41) is 12.6. The first-order valence-corrected chi connectivity index (χ1v) is 8.59. The highest BCUT2D eigenvalue weighted by Crippen LogP contribution is 2.38. The fraction of sp³-hybridized carbons (Fsp3) is 0.0588. The van der Waals surface area contributed by atoms with Gasteiger partial charge in [-0.15, -0.1) is 0 Å². The molecule has 0 radical (unpaired) electrons. The van der Waals surface area contributed by atoms with E-state index < -0.39 is 10.1 Å². The molecule has 0 spiro atoms. The van der Waals surface area contributed by atoms with Crippen molar-refractivity contribution in [3.8, 4) is 5.75 Å². The summed E-state index contributed by atoms with van der Waals surface area (Å²) in [6.07, 6.45) is 0. The molecule has 3 N–H and O–H groups in total. The van der Waals surface area contributed by atoms with Crippen molar-refractivity contribution in [3.63, 3.8) is 0 Å². The largest absolute Gasteiger partial charge is 0.505 e. The Kier molecular flexibility index (Phi) is 4.04. The summed E-state index contributed by atoms with van der Waals surface area (Å²) in [5.74, 6) is -0.0797. The quantitative estimate of drug-likeness (QED) is 0.497. The van der Waals surface area contributed by atoms with Gasteiger partial charge in [-0.25, -0.2) is 0 Å². The van der Waals surface area contributed by atoms with E-state index in [4.69, 9.17) is 0 Å². The molecule has 124 valence electrons. The van der Waals surface area contributed by atoms with Crippen molar-refractivity contribution in [2.45, 2.75) is 4.90 Å². The third kappa shape index (κ3) is 2.99. The maximum Gasteiger partial charge on any atom is 0.295 e. The molecule has 0 aliphatic heterocycles. The van der Waals surface area contributed by atoms with E-state index in [1.165, 1.54) is 17.1 Å². The van der Waals surface area contributed by atoms with E-state index in [1.54, 1.807) is 25.2 Å². The van der Waals surface area contributed by atoms with Crippen LogP contribution in [-0.2, 0) is 10.1 Å². The minimum Gasteiger partial charge on any atom is -0.505 e. The van der Waals surface area contributed by atoms with Gasteiger partial charge in [0.25, 0.3) is 10.1 Å². The Morgan fingerprint density at radius 1 is 0.958 bits per heavy atom. The van der Waals surface area contributed by atoms with E-state index in [-0.39, 0.29) is 21.7 Å². The molecule has 0 heterocycles. The molecular weight excluding hydrogens is 328 g/mol. The second kappa shape index (κ2) is 6.03. The average Bonchev–Trinajstić information content (AvgIpc) is 2.55. The first-order valence-electron chi connectivity index (χ1n) is 7.15. The lowest BCUT2D eigenvalue weighted by atomic mass is 10.1. The summed E-state index contributed by atoms with van der Waals surface area (Å²) >= 11 is 0. The van der Waals surface area contributed by atoms with E-state index in [0.717, 1.165) is 5.69 Å². The second-order valence-electron chi connectivity index (χ2n) is 5.30. The van der Waals surface area contributed by atoms with E-state index in [1.807, 2.05) is 30.3 Å². The summed E-state index contributed by atoms with van der Waals surface area (Å²) in [7, 11) is -2.80. The molecule has 0 aromatic heterocycles. The van der Waals surface area contributed by atoms with E-state index >= 15 is 0 Å². The van der Waals surface area contributed by atoms with Crippen LogP contribution in [0.1, 0.15) is 0 Å². The predicted molar refractivity (Wildman–Crippen MR) is 93.9 cm³/mol. The molecule has 0 amide bonds. The molecule has 6 nitrogen and oxygen atoms in total. The third-order valence-electron chi connectivity index (χ3n) is 3.67. The molecule has 0 saturated heterocycles. The van der Waals surface area contributed by atoms with Crippen LogP contribution in [0.3, 0.4) is 0 Å². The maximum absolute atomic E-state index is 11.7. The Morgan fingerprint density at radius 3 is 2.17 bits per heavy atom. The van der Waals surface area contributed by atoms with E-state index in [2.05, 4.69) is 5.43 Å². The molecule has 0 unspecified atom stereocenters. The number of nitrogens with zero attached hydrogens (tertiary/aromatic N) is 1. The number of phenols is 1. The fourth-order valence-corrected chi connectivity index (χ4v) is 3.26. The zero-order valence-electron chi connectivity index (χ0n) is 12.8. The molecule has 0 bridgehead atoms. The zero-order chi connectivity index (χ0) is 17.3. The van der Waals surface area contributed by atoms with Crippen LogP contribution in [0.4, 0.5) is 11.4 Å². The lowest BCUT2D eigenvalue weighted by molar-refractivity contribution is 0.479. The Labute approximate surface area is 139 Å². The number of rotatable bonds is 4. The zero-order valence-corrected chi connectivity index (χ0v) is 13.7. The number of fused-ring (bicyclic) bond motifs is 1. The SMILES string of the molecule is CN(Nc1ccccc1)c1cc(S(=O)(=O)O)c2ccccc2c1O. The number of benzene rings is 3. The van der Waals surface area contributed by atoms with Gasteiger partial charge in [0.05, 0.1) is 5.69 Å². The van der Waals surface area contributed by atoms with Crippen molar-refractivity contribution in [1.82, 2.24) is 0 Å². The van der Waals surface area contributed by atoms with Crippen LogP contribution in [0.15, 0.2) is 65.6 Å². The fourth-order valence-electron chi connectivity index (χ4n) is 2.55. The van der Waals surface area contributed by atoms with Gasteiger partial charge in [-0.3, -0.25) is 15.0 Å². The summed E-state index contributed by atoms with van der Waals surface area (Å²) in [5.41, 5.74) is 4.03. The summed E-state index contributed by atoms with van der Waals surface area (Å²) in [6, 6.07) is 16.9. The van der Waals surface area contributed by atoms with Crippen molar-refractivity contribution in [2.75, 3.05) is 17.5 Å². The Balaban J connectivity index is 2.16. The van der Waals surface area contributed by atoms with Crippen molar-refractivity contribution in [2.24, 2.45) is 0 Å². The normalized spacial score (nSPS) is 11.4. The lowest BCUT2D eigenvalue weighted by Gasteiger charge is -2.24. The first-order chi connectivity index (χ1) is 11.4. The van der Waals surface area contributed by atoms with Gasteiger partial charge in [0, 0.05) is 17.8 Å². The van der Waals surface area contributed by atoms with Crippen LogP contribution in [0.5, 0.6) is 5.75 Å². The molecular formula is C17H16N2O4S. The van der Waals surface area contributed by atoms with Crippen molar-refractivity contribution >= 4 is 32.3 Å². The molecule has 0 aliphatic carbocycles. The predicted octanol–water partition coefficient (Wildman–Crippen LogP) is 3.26. The Bertz CT molecular complexity index is 988. The van der Waals surface area contributed by atoms with E-state index in [0.29, 0.717) is 5.39 Å². The van der Waals surface area contributed by atoms with Gasteiger partial charge >= 0.3 is 0 Å². The number of anilines is 2. The number of phenolic OH excluding ortho intramolecular Hbond substituents is 1. The van der Waals surface area contributed by atoms with Crippen molar-refractivity contribution < 1.29 is 18.1 Å². The molecule has 0 saturated carbocycles. The molecule has 3 aromatic rings. The highest BCUT2D eigenvalue weighted by atomic mass is 32.2. The molecule has 0 aliphatic rings. The van der Waals surface area contributed by atoms with Gasteiger partial charge in [0.1, 0.15) is 16.3 Å². The van der Waals surface area contributed by atoms with Crippen LogP contribution >= 0.6 is 0 Å². The van der Waals surface area contributed by atoms with Gasteiger partial charge in [-0.1, -0.05) is 42.5 Å². The van der Waals surface area contributed by atoms with Crippen LogP contribution in [0.2, 0.25) is 0 Å². The van der Waals surface area contributed by atoms with Crippen LogP contribution in [0.25, 0.3) is 10.8 Å². The first kappa shape index (κ1) is 16.1. The topological polar surface area (TPSA) is 89.9 Å². The minimum atomic E-state index is -4.44. The summed E-state index contributed by atoms with van der Waals surface area (Å²) in [4.78, 5) is -0.257. The highest BCUT2D eigenvalue weighted by molar-refractivity contribution is 7.86. The standard InChI is InChI=1S/C17H16N2O4S/c1-19(18-12-7-3-2-4-8-12)15-11-16(24(21,22)23)13-9-5-6-10-14(13)17(15)20/h2-11,18,20H,1H3,(H,21,22,23). The van der Waals surface area contributed by atoms with Gasteiger partial charge in [0.15, 0.2) is 0 Å². The molecule has 7 heteroatoms. The third-order valence-corrected chi connectivity index (χ3v) is 4.56. The van der Waals surface area contributed by atoms with Crippen molar-refractivity contribution in [3.05, 3.63) is 60.7 Å². The molecule has 24 heavy (non-hydrogen) atoms. The number of hydrazine groups is 1. The number of para-hydroxylation sites is 1. The smallest absolute Gasteiger partial charge is 0.295 e. The number of hydrogen-bond acceptors (Lipinski definition) is 5. The van der Waals surface area contributed by atoms with Gasteiger partial charge in [0.2, 0.25) is 0 Å². The minimum absolute atomic E-state index is 0.0797. The van der Waals surface area contributed by atoms with Crippen LogP contribution < -0.4 is 10.4 Å². The van der Waals surface area contributed by atoms with Gasteiger partial charge in [-0.05, 0) is 18.2 Å².